The first-order valence-electron chi connectivity index (χ1n) is 10.0. The molecule has 1 unspecified atom stereocenters. The molecule has 7 nitrogen and oxygen atoms in total. The molecule has 3 rings (SSSR count). The Morgan fingerprint density at radius 3 is 2.64 bits per heavy atom. The SMILES string of the molecule is CN=C(NCC1CC(=O)Nc2ccccc21)NCC1(C(=O)N(C)C)CCCC1. The molecule has 1 aliphatic heterocycles. The van der Waals surface area contributed by atoms with Crippen molar-refractivity contribution in [2.75, 3.05) is 39.5 Å². The molecular formula is C21H31N5O2. The van der Waals surface area contributed by atoms with Gasteiger partial charge in [-0.15, -0.1) is 0 Å². The van der Waals surface area contributed by atoms with Crippen molar-refractivity contribution in [1.82, 2.24) is 15.5 Å². The van der Waals surface area contributed by atoms with E-state index >= 15 is 0 Å². The zero-order valence-electron chi connectivity index (χ0n) is 17.0. The maximum absolute atomic E-state index is 12.7. The third-order valence-electron chi connectivity index (χ3n) is 5.86. The molecule has 3 N–H and O–H groups in total. The number of amides is 2. The zero-order valence-corrected chi connectivity index (χ0v) is 17.0. The number of guanidine groups is 1. The normalized spacial score (nSPS) is 20.9. The summed E-state index contributed by atoms with van der Waals surface area (Å²) in [6, 6.07) is 7.91. The number of nitrogens with zero attached hydrogens (tertiary/aromatic N) is 2. The molecule has 0 radical (unpaired) electrons. The van der Waals surface area contributed by atoms with E-state index in [1.807, 2.05) is 32.3 Å². The summed E-state index contributed by atoms with van der Waals surface area (Å²) in [5.74, 6) is 0.981. The Kier molecular flexibility index (Phi) is 6.21. The van der Waals surface area contributed by atoms with Crippen LogP contribution < -0.4 is 16.0 Å². The molecule has 0 bridgehead atoms. The minimum absolute atomic E-state index is 0.0370. The van der Waals surface area contributed by atoms with E-state index in [1.54, 1.807) is 11.9 Å². The van der Waals surface area contributed by atoms with Gasteiger partial charge >= 0.3 is 0 Å². The van der Waals surface area contributed by atoms with Crippen LogP contribution in [-0.2, 0) is 9.59 Å². The summed E-state index contributed by atoms with van der Waals surface area (Å²) < 4.78 is 0. The van der Waals surface area contributed by atoms with Crippen molar-refractivity contribution in [2.45, 2.75) is 38.0 Å². The monoisotopic (exact) mass is 385 g/mol. The number of aliphatic imine (C=N–C) groups is 1. The number of rotatable bonds is 5. The molecular weight excluding hydrogens is 354 g/mol. The predicted molar refractivity (Wildman–Crippen MR) is 111 cm³/mol. The summed E-state index contributed by atoms with van der Waals surface area (Å²) in [6.07, 6.45) is 4.43. The fourth-order valence-corrected chi connectivity index (χ4v) is 4.37. The highest BCUT2D eigenvalue weighted by molar-refractivity contribution is 5.94. The number of para-hydroxylation sites is 1. The second-order valence-corrected chi connectivity index (χ2v) is 8.03. The minimum atomic E-state index is -0.349. The molecule has 1 fully saturated rings. The van der Waals surface area contributed by atoms with Crippen LogP contribution in [0.3, 0.4) is 0 Å². The van der Waals surface area contributed by atoms with Gasteiger partial charge in [-0.05, 0) is 24.5 Å². The van der Waals surface area contributed by atoms with E-state index in [9.17, 15) is 9.59 Å². The number of fused-ring (bicyclic) bond motifs is 1. The van der Waals surface area contributed by atoms with Crippen LogP contribution in [0.5, 0.6) is 0 Å². The van der Waals surface area contributed by atoms with Crippen molar-refractivity contribution in [2.24, 2.45) is 10.4 Å². The highest BCUT2D eigenvalue weighted by Gasteiger charge is 2.42. The number of hydrogen-bond acceptors (Lipinski definition) is 3. The molecule has 2 aliphatic rings. The highest BCUT2D eigenvalue weighted by atomic mass is 16.2. The first kappa shape index (κ1) is 20.2. The molecule has 28 heavy (non-hydrogen) atoms. The number of nitrogens with one attached hydrogen (secondary N) is 3. The Labute approximate surface area is 167 Å². The largest absolute Gasteiger partial charge is 0.356 e. The summed E-state index contributed by atoms with van der Waals surface area (Å²) in [4.78, 5) is 30.7. The quantitative estimate of drug-likeness (QED) is 0.534. The first-order chi connectivity index (χ1) is 13.4. The molecule has 1 saturated carbocycles. The maximum atomic E-state index is 12.7. The molecule has 0 saturated heterocycles. The van der Waals surface area contributed by atoms with Crippen molar-refractivity contribution >= 4 is 23.5 Å². The van der Waals surface area contributed by atoms with Gasteiger partial charge < -0.3 is 20.9 Å². The van der Waals surface area contributed by atoms with Gasteiger partial charge in [0, 0.05) is 52.3 Å². The molecule has 1 atom stereocenters. The van der Waals surface area contributed by atoms with E-state index < -0.39 is 0 Å². The van der Waals surface area contributed by atoms with Crippen LogP contribution in [0.4, 0.5) is 5.69 Å². The molecule has 2 amide bonds. The lowest BCUT2D eigenvalue weighted by molar-refractivity contribution is -0.138. The lowest BCUT2D eigenvalue weighted by Crippen LogP contribution is -2.49. The van der Waals surface area contributed by atoms with Gasteiger partial charge in [0.25, 0.3) is 0 Å². The van der Waals surface area contributed by atoms with Crippen molar-refractivity contribution in [3.63, 3.8) is 0 Å². The van der Waals surface area contributed by atoms with Crippen LogP contribution >= 0.6 is 0 Å². The average Bonchev–Trinajstić information content (AvgIpc) is 3.17. The van der Waals surface area contributed by atoms with Crippen molar-refractivity contribution in [1.29, 1.82) is 0 Å². The standard InChI is InChI=1S/C21H31N5O2/c1-22-20(24-14-21(10-6-7-11-21)19(28)26(2)3)23-13-15-12-18(27)25-17-9-5-4-8-16(15)17/h4-5,8-9,15H,6-7,10-14H2,1-3H3,(H,25,27)(H2,22,23,24). The van der Waals surface area contributed by atoms with Gasteiger partial charge in [-0.25, -0.2) is 0 Å². The number of hydrogen-bond donors (Lipinski definition) is 3. The van der Waals surface area contributed by atoms with E-state index in [4.69, 9.17) is 0 Å². The number of anilines is 1. The molecule has 152 valence electrons. The van der Waals surface area contributed by atoms with Crippen LogP contribution in [0.2, 0.25) is 0 Å². The molecule has 1 heterocycles. The van der Waals surface area contributed by atoms with Gasteiger partial charge in [0.15, 0.2) is 5.96 Å². The third kappa shape index (κ3) is 4.29. The molecule has 7 heteroatoms. The smallest absolute Gasteiger partial charge is 0.230 e. The van der Waals surface area contributed by atoms with Gasteiger partial charge in [0.2, 0.25) is 11.8 Å². The molecule has 0 spiro atoms. The van der Waals surface area contributed by atoms with E-state index in [1.165, 1.54) is 0 Å². The van der Waals surface area contributed by atoms with Crippen LogP contribution in [0.15, 0.2) is 29.3 Å². The maximum Gasteiger partial charge on any atom is 0.230 e. The van der Waals surface area contributed by atoms with Gasteiger partial charge in [0.05, 0.1) is 5.41 Å². The predicted octanol–water partition coefficient (Wildman–Crippen LogP) is 1.93. The van der Waals surface area contributed by atoms with E-state index in [-0.39, 0.29) is 23.1 Å². The van der Waals surface area contributed by atoms with Crippen LogP contribution in [-0.4, -0.2) is 56.9 Å². The first-order valence-corrected chi connectivity index (χ1v) is 10.0. The van der Waals surface area contributed by atoms with Crippen LogP contribution in [0, 0.1) is 5.41 Å². The van der Waals surface area contributed by atoms with E-state index in [0.29, 0.717) is 25.5 Å². The fraction of sp³-hybridized carbons (Fsp3) is 0.571. The van der Waals surface area contributed by atoms with Gasteiger partial charge in [-0.1, -0.05) is 31.0 Å². The Morgan fingerprint density at radius 2 is 1.96 bits per heavy atom. The van der Waals surface area contributed by atoms with Crippen molar-refractivity contribution < 1.29 is 9.59 Å². The lowest BCUT2D eigenvalue weighted by Gasteiger charge is -2.32. The zero-order chi connectivity index (χ0) is 20.1. The van der Waals surface area contributed by atoms with Crippen LogP contribution in [0.1, 0.15) is 43.6 Å². The fourth-order valence-electron chi connectivity index (χ4n) is 4.37. The van der Waals surface area contributed by atoms with Crippen molar-refractivity contribution in [3.8, 4) is 0 Å². The Bertz CT molecular complexity index is 753. The number of carbonyl (C=O) groups is 2. The second kappa shape index (κ2) is 8.63. The second-order valence-electron chi connectivity index (χ2n) is 8.03. The summed E-state index contributed by atoms with van der Waals surface area (Å²) >= 11 is 0. The Balaban J connectivity index is 1.61. The summed E-state index contributed by atoms with van der Waals surface area (Å²) in [7, 11) is 5.37. The lowest BCUT2D eigenvalue weighted by atomic mass is 9.84. The molecule has 1 aromatic carbocycles. The van der Waals surface area contributed by atoms with Crippen LogP contribution in [0.25, 0.3) is 0 Å². The Hall–Kier alpha value is -2.57. The van der Waals surface area contributed by atoms with E-state index in [2.05, 4.69) is 27.0 Å². The van der Waals surface area contributed by atoms with Gasteiger partial charge in [-0.2, -0.15) is 0 Å². The third-order valence-corrected chi connectivity index (χ3v) is 5.86. The summed E-state index contributed by atoms with van der Waals surface area (Å²) in [5.41, 5.74) is 1.67. The summed E-state index contributed by atoms with van der Waals surface area (Å²) in [6.45, 7) is 1.18. The van der Waals surface area contributed by atoms with Crippen molar-refractivity contribution in [3.05, 3.63) is 29.8 Å². The Morgan fingerprint density at radius 1 is 1.25 bits per heavy atom. The van der Waals surface area contributed by atoms with E-state index in [0.717, 1.165) is 36.9 Å². The number of carbonyl (C=O) groups excluding carboxylic acids is 2. The average molecular weight is 386 g/mol. The van der Waals surface area contributed by atoms with Gasteiger partial charge in [0.1, 0.15) is 0 Å². The minimum Gasteiger partial charge on any atom is -0.356 e. The highest BCUT2D eigenvalue weighted by Crippen LogP contribution is 2.39. The topological polar surface area (TPSA) is 85.8 Å². The summed E-state index contributed by atoms with van der Waals surface area (Å²) in [5, 5.41) is 9.62. The van der Waals surface area contributed by atoms with Gasteiger partial charge in [-0.3, -0.25) is 14.6 Å². The molecule has 0 aromatic heterocycles. The molecule has 1 aromatic rings. The molecule has 1 aliphatic carbocycles. The number of benzene rings is 1.